The van der Waals surface area contributed by atoms with Gasteiger partial charge in [-0.1, -0.05) is 6.92 Å². The fourth-order valence-electron chi connectivity index (χ4n) is 1.38. The molecule has 1 aromatic carbocycles. The number of ether oxygens (including phenoxy) is 1. The third-order valence-electron chi connectivity index (χ3n) is 2.19. The van der Waals surface area contributed by atoms with E-state index in [1.165, 1.54) is 0 Å². The van der Waals surface area contributed by atoms with Gasteiger partial charge >= 0.3 is 0 Å². The summed E-state index contributed by atoms with van der Waals surface area (Å²) in [6.45, 7) is 6.23. The standard InChI is InChI=1S/C12H15IO2/c1-4-9-6-10(8(3)14)12(13)11(7-9)15-5-2/h6-7H,4-5H2,1-3H3. The summed E-state index contributed by atoms with van der Waals surface area (Å²) in [5.41, 5.74) is 1.91. The second-order valence-electron chi connectivity index (χ2n) is 3.30. The van der Waals surface area contributed by atoms with Crippen LogP contribution in [-0.2, 0) is 6.42 Å². The second kappa shape index (κ2) is 5.49. The minimum Gasteiger partial charge on any atom is -0.493 e. The molecule has 0 aliphatic rings. The molecular formula is C12H15IO2. The van der Waals surface area contributed by atoms with Crippen LogP contribution in [0.1, 0.15) is 36.7 Å². The minimum atomic E-state index is 0.0932. The largest absolute Gasteiger partial charge is 0.493 e. The number of ketones is 1. The van der Waals surface area contributed by atoms with E-state index < -0.39 is 0 Å². The Morgan fingerprint density at radius 3 is 2.53 bits per heavy atom. The number of Topliss-reactive ketones (excluding diaryl/α,β-unsaturated/α-hetero) is 1. The summed E-state index contributed by atoms with van der Waals surface area (Å²) in [6.07, 6.45) is 0.914. The zero-order chi connectivity index (χ0) is 11.4. The van der Waals surface area contributed by atoms with Crippen molar-refractivity contribution < 1.29 is 9.53 Å². The van der Waals surface area contributed by atoms with Crippen molar-refractivity contribution in [2.24, 2.45) is 0 Å². The van der Waals surface area contributed by atoms with Gasteiger partial charge in [0, 0.05) is 5.56 Å². The molecule has 82 valence electrons. The third-order valence-corrected chi connectivity index (χ3v) is 3.30. The van der Waals surface area contributed by atoms with E-state index in [1.54, 1.807) is 6.92 Å². The van der Waals surface area contributed by atoms with Gasteiger partial charge in [0.2, 0.25) is 0 Å². The van der Waals surface area contributed by atoms with Crippen molar-refractivity contribution in [1.82, 2.24) is 0 Å². The van der Waals surface area contributed by atoms with Crippen molar-refractivity contribution >= 4 is 28.4 Å². The van der Waals surface area contributed by atoms with Crippen LogP contribution in [0.3, 0.4) is 0 Å². The molecule has 0 amide bonds. The highest BCUT2D eigenvalue weighted by Crippen LogP contribution is 2.27. The number of hydrogen-bond donors (Lipinski definition) is 0. The van der Waals surface area contributed by atoms with Crippen molar-refractivity contribution in [3.63, 3.8) is 0 Å². The molecule has 1 aromatic rings. The highest BCUT2D eigenvalue weighted by Gasteiger charge is 2.12. The van der Waals surface area contributed by atoms with Crippen molar-refractivity contribution in [1.29, 1.82) is 0 Å². The van der Waals surface area contributed by atoms with Gasteiger partial charge in [0.15, 0.2) is 5.78 Å². The highest BCUT2D eigenvalue weighted by molar-refractivity contribution is 14.1. The molecule has 0 heterocycles. The first kappa shape index (κ1) is 12.5. The quantitative estimate of drug-likeness (QED) is 0.628. The van der Waals surface area contributed by atoms with Gasteiger partial charge in [0.25, 0.3) is 0 Å². The zero-order valence-electron chi connectivity index (χ0n) is 9.26. The smallest absolute Gasteiger partial charge is 0.161 e. The van der Waals surface area contributed by atoms with E-state index in [1.807, 2.05) is 19.1 Å². The minimum absolute atomic E-state index is 0.0932. The number of hydrogen-bond acceptors (Lipinski definition) is 2. The summed E-state index contributed by atoms with van der Waals surface area (Å²) in [6, 6.07) is 3.96. The molecule has 0 saturated carbocycles. The average Bonchev–Trinajstić information content (AvgIpc) is 2.21. The maximum Gasteiger partial charge on any atom is 0.161 e. The Morgan fingerprint density at radius 1 is 1.40 bits per heavy atom. The first-order valence-corrected chi connectivity index (χ1v) is 6.14. The second-order valence-corrected chi connectivity index (χ2v) is 4.38. The van der Waals surface area contributed by atoms with Crippen LogP contribution in [0.2, 0.25) is 0 Å². The Kier molecular flexibility index (Phi) is 4.57. The van der Waals surface area contributed by atoms with Crippen LogP contribution >= 0.6 is 22.6 Å². The lowest BCUT2D eigenvalue weighted by molar-refractivity contribution is 0.101. The molecule has 3 heteroatoms. The van der Waals surface area contributed by atoms with Gasteiger partial charge in [-0.05, 0) is 60.6 Å². The summed E-state index contributed by atoms with van der Waals surface area (Å²) in [5.74, 6) is 0.915. The van der Waals surface area contributed by atoms with Crippen LogP contribution in [0.4, 0.5) is 0 Å². The highest BCUT2D eigenvalue weighted by atomic mass is 127. The first-order chi connectivity index (χ1) is 7.10. The molecule has 0 aromatic heterocycles. The normalized spacial score (nSPS) is 10.1. The maximum atomic E-state index is 11.4. The van der Waals surface area contributed by atoms with E-state index in [0.717, 1.165) is 26.9 Å². The van der Waals surface area contributed by atoms with Gasteiger partial charge in [0.05, 0.1) is 10.2 Å². The van der Waals surface area contributed by atoms with Crippen molar-refractivity contribution in [2.75, 3.05) is 6.61 Å². The number of carbonyl (C=O) groups is 1. The Labute approximate surface area is 104 Å². The molecule has 0 saturated heterocycles. The fraction of sp³-hybridized carbons (Fsp3) is 0.417. The van der Waals surface area contributed by atoms with Crippen molar-refractivity contribution in [3.8, 4) is 5.75 Å². The zero-order valence-corrected chi connectivity index (χ0v) is 11.4. The Balaban J connectivity index is 3.26. The SMILES string of the molecule is CCOc1cc(CC)cc(C(C)=O)c1I. The summed E-state index contributed by atoms with van der Waals surface area (Å²) < 4.78 is 6.43. The molecule has 0 radical (unpaired) electrons. The molecular weight excluding hydrogens is 303 g/mol. The van der Waals surface area contributed by atoms with Gasteiger partial charge in [-0.15, -0.1) is 0 Å². The van der Waals surface area contributed by atoms with E-state index in [9.17, 15) is 4.79 Å². The number of aryl methyl sites for hydroxylation is 1. The predicted octanol–water partition coefficient (Wildman–Crippen LogP) is 3.45. The van der Waals surface area contributed by atoms with Gasteiger partial charge in [-0.2, -0.15) is 0 Å². The number of carbonyl (C=O) groups excluding carboxylic acids is 1. The first-order valence-electron chi connectivity index (χ1n) is 5.06. The van der Waals surface area contributed by atoms with E-state index in [4.69, 9.17) is 4.74 Å². The number of benzene rings is 1. The molecule has 0 N–H and O–H groups in total. The Bertz CT molecular complexity index is 372. The molecule has 1 rings (SSSR count). The van der Waals surface area contributed by atoms with E-state index >= 15 is 0 Å². The fourth-order valence-corrected chi connectivity index (χ4v) is 2.22. The molecule has 0 spiro atoms. The molecule has 0 unspecified atom stereocenters. The van der Waals surface area contributed by atoms with Crippen LogP contribution in [-0.4, -0.2) is 12.4 Å². The molecule has 0 bridgehead atoms. The van der Waals surface area contributed by atoms with Crippen LogP contribution in [0.15, 0.2) is 12.1 Å². The van der Waals surface area contributed by atoms with Crippen LogP contribution in [0, 0.1) is 3.57 Å². The number of rotatable bonds is 4. The monoisotopic (exact) mass is 318 g/mol. The molecule has 2 nitrogen and oxygen atoms in total. The van der Waals surface area contributed by atoms with Crippen molar-refractivity contribution in [2.45, 2.75) is 27.2 Å². The van der Waals surface area contributed by atoms with Gasteiger partial charge in [-0.3, -0.25) is 4.79 Å². The maximum absolute atomic E-state index is 11.4. The van der Waals surface area contributed by atoms with E-state index in [0.29, 0.717) is 6.61 Å². The Hall–Kier alpha value is -0.580. The van der Waals surface area contributed by atoms with Crippen LogP contribution in [0.5, 0.6) is 5.75 Å². The van der Waals surface area contributed by atoms with E-state index in [-0.39, 0.29) is 5.78 Å². The third kappa shape index (κ3) is 2.93. The summed E-state index contributed by atoms with van der Waals surface area (Å²) in [5, 5.41) is 0. The molecule has 0 fully saturated rings. The molecule has 0 aliphatic heterocycles. The lowest BCUT2D eigenvalue weighted by Crippen LogP contribution is -2.02. The molecule has 15 heavy (non-hydrogen) atoms. The molecule has 0 aliphatic carbocycles. The topological polar surface area (TPSA) is 26.3 Å². The van der Waals surface area contributed by atoms with E-state index in [2.05, 4.69) is 29.5 Å². The summed E-state index contributed by atoms with van der Waals surface area (Å²) >= 11 is 2.17. The van der Waals surface area contributed by atoms with Crippen molar-refractivity contribution in [3.05, 3.63) is 26.8 Å². The summed E-state index contributed by atoms with van der Waals surface area (Å²) in [4.78, 5) is 11.4. The lowest BCUT2D eigenvalue weighted by Gasteiger charge is -2.11. The average molecular weight is 318 g/mol. The lowest BCUT2D eigenvalue weighted by atomic mass is 10.1. The summed E-state index contributed by atoms with van der Waals surface area (Å²) in [7, 11) is 0. The number of halogens is 1. The molecule has 0 atom stereocenters. The van der Waals surface area contributed by atoms with Gasteiger partial charge in [0.1, 0.15) is 5.75 Å². The van der Waals surface area contributed by atoms with Crippen LogP contribution < -0.4 is 4.74 Å². The predicted molar refractivity (Wildman–Crippen MR) is 69.7 cm³/mol. The van der Waals surface area contributed by atoms with Gasteiger partial charge < -0.3 is 4.74 Å². The van der Waals surface area contributed by atoms with Gasteiger partial charge in [-0.25, -0.2) is 0 Å². The van der Waals surface area contributed by atoms with Crippen LogP contribution in [0.25, 0.3) is 0 Å². The Morgan fingerprint density at radius 2 is 2.07 bits per heavy atom.